The second kappa shape index (κ2) is 6.36. The number of benzene rings is 1. The van der Waals surface area contributed by atoms with Gasteiger partial charge in [-0.2, -0.15) is 17.6 Å². The van der Waals surface area contributed by atoms with Crippen molar-refractivity contribution in [3.8, 4) is 0 Å². The number of hydrogen-bond acceptors (Lipinski definition) is 4. The number of aliphatic hydroxyl groups is 2. The number of aromatic carboxylic acids is 2. The Hall–Kier alpha value is -2.20. The maximum atomic E-state index is 14.0. The molecule has 0 atom stereocenters. The number of carboxylic acid groups (broad SMARTS) is 2. The van der Waals surface area contributed by atoms with E-state index in [4.69, 9.17) is 20.4 Å². The summed E-state index contributed by atoms with van der Waals surface area (Å²) in [6.07, 6.45) is 0. The van der Waals surface area contributed by atoms with E-state index in [1.165, 1.54) is 0 Å². The van der Waals surface area contributed by atoms with Crippen LogP contribution in [0.1, 0.15) is 43.0 Å². The Morgan fingerprint density at radius 1 is 0.792 bits per heavy atom. The van der Waals surface area contributed by atoms with Crippen molar-refractivity contribution < 1.29 is 47.6 Å². The second-order valence-corrected chi connectivity index (χ2v) is 5.09. The van der Waals surface area contributed by atoms with Gasteiger partial charge < -0.3 is 20.4 Å². The Balaban J connectivity index is 4.19. The molecule has 0 aliphatic heterocycles. The molecule has 10 heteroatoms. The first-order chi connectivity index (χ1) is 10.8. The molecule has 1 aromatic rings. The summed E-state index contributed by atoms with van der Waals surface area (Å²) in [5.74, 6) is -12.3. The number of aliphatic hydroxyl groups excluding tert-OH is 2. The average molecular weight is 354 g/mol. The van der Waals surface area contributed by atoms with Crippen LogP contribution in [0.4, 0.5) is 17.6 Å². The number of hydrogen-bond donors (Lipinski definition) is 4. The normalized spacial score (nSPS) is 12.3. The van der Waals surface area contributed by atoms with Gasteiger partial charge in [0.25, 0.3) is 11.8 Å². The molecule has 0 saturated heterocycles. The molecule has 24 heavy (non-hydrogen) atoms. The second-order valence-electron chi connectivity index (χ2n) is 5.09. The van der Waals surface area contributed by atoms with Crippen LogP contribution in [0.15, 0.2) is 0 Å². The van der Waals surface area contributed by atoms with Gasteiger partial charge in [-0.25, -0.2) is 9.59 Å². The lowest BCUT2D eigenvalue weighted by Gasteiger charge is -2.27. The first-order valence-electron chi connectivity index (χ1n) is 6.45. The lowest BCUT2D eigenvalue weighted by Crippen LogP contribution is -2.31. The molecule has 1 rings (SSSR count). The Morgan fingerprint density at radius 3 is 1.21 bits per heavy atom. The molecule has 134 valence electrons. The van der Waals surface area contributed by atoms with Crippen molar-refractivity contribution in [1.29, 1.82) is 0 Å². The van der Waals surface area contributed by atoms with Gasteiger partial charge in [0.1, 0.15) is 13.2 Å². The average Bonchev–Trinajstić information content (AvgIpc) is 2.47. The highest BCUT2D eigenvalue weighted by Crippen LogP contribution is 2.42. The van der Waals surface area contributed by atoms with Crippen LogP contribution in [0.5, 0.6) is 0 Å². The number of rotatable bonds is 6. The van der Waals surface area contributed by atoms with Gasteiger partial charge in [-0.05, 0) is 25.0 Å². The summed E-state index contributed by atoms with van der Waals surface area (Å²) < 4.78 is 55.8. The molecule has 0 bridgehead atoms. The molecule has 0 radical (unpaired) electrons. The quantitative estimate of drug-likeness (QED) is 0.580. The van der Waals surface area contributed by atoms with E-state index in [1.807, 2.05) is 0 Å². The standard InChI is InChI=1S/C14H14F4O6/c1-5-7(11(21)22)10(14(17,18)4-20)6(2)8(12(23)24)9(5)13(15,16)3-19/h19-20H,3-4H2,1-2H3,(H,21,22)(H,23,24). The number of carboxylic acids is 2. The molecule has 6 nitrogen and oxygen atoms in total. The van der Waals surface area contributed by atoms with Crippen LogP contribution in [0.2, 0.25) is 0 Å². The van der Waals surface area contributed by atoms with Gasteiger partial charge in [0.05, 0.1) is 11.1 Å². The van der Waals surface area contributed by atoms with Crippen LogP contribution in [0.3, 0.4) is 0 Å². The van der Waals surface area contributed by atoms with E-state index < -0.39 is 70.4 Å². The highest BCUT2D eigenvalue weighted by atomic mass is 19.3. The molecule has 0 fully saturated rings. The highest BCUT2D eigenvalue weighted by Gasteiger charge is 2.45. The Morgan fingerprint density at radius 2 is 1.04 bits per heavy atom. The fraction of sp³-hybridized carbons (Fsp3) is 0.429. The zero-order chi connectivity index (χ0) is 19.0. The molecular formula is C14H14F4O6. The Labute approximate surface area is 133 Å². The predicted octanol–water partition coefficient (Wildman–Crippen LogP) is 1.87. The van der Waals surface area contributed by atoms with E-state index in [0.717, 1.165) is 13.8 Å². The molecular weight excluding hydrogens is 340 g/mol. The molecule has 0 aromatic heterocycles. The summed E-state index contributed by atoms with van der Waals surface area (Å²) >= 11 is 0. The first-order valence-corrected chi connectivity index (χ1v) is 6.45. The smallest absolute Gasteiger partial charge is 0.336 e. The number of halogens is 4. The van der Waals surface area contributed by atoms with Gasteiger partial charge >= 0.3 is 11.9 Å². The van der Waals surface area contributed by atoms with E-state index in [1.54, 1.807) is 0 Å². The summed E-state index contributed by atoms with van der Waals surface area (Å²) in [4.78, 5) is 22.7. The SMILES string of the molecule is Cc1c(C(=O)O)c(C(F)(F)CO)c(C)c(C(=O)O)c1C(F)(F)CO. The van der Waals surface area contributed by atoms with Gasteiger partial charge in [-0.15, -0.1) is 0 Å². The molecule has 0 amide bonds. The van der Waals surface area contributed by atoms with E-state index in [9.17, 15) is 27.2 Å². The maximum Gasteiger partial charge on any atom is 0.336 e. The summed E-state index contributed by atoms with van der Waals surface area (Å²) in [7, 11) is 0. The predicted molar refractivity (Wildman–Crippen MR) is 71.8 cm³/mol. The summed E-state index contributed by atoms with van der Waals surface area (Å²) in [6.45, 7) is -2.21. The lowest BCUT2D eigenvalue weighted by molar-refractivity contribution is -0.0606. The largest absolute Gasteiger partial charge is 0.478 e. The van der Waals surface area contributed by atoms with E-state index in [2.05, 4.69) is 0 Å². The van der Waals surface area contributed by atoms with Gasteiger partial charge in [0.15, 0.2) is 0 Å². The molecule has 0 saturated carbocycles. The molecule has 0 aliphatic rings. The third-order valence-electron chi connectivity index (χ3n) is 3.56. The van der Waals surface area contributed by atoms with Crippen LogP contribution in [0.25, 0.3) is 0 Å². The summed E-state index contributed by atoms with van der Waals surface area (Å²) in [5.41, 5.74) is -7.03. The maximum absolute atomic E-state index is 14.0. The summed E-state index contributed by atoms with van der Waals surface area (Å²) in [5, 5.41) is 35.9. The molecule has 4 N–H and O–H groups in total. The van der Waals surface area contributed by atoms with Gasteiger partial charge in [-0.1, -0.05) is 0 Å². The van der Waals surface area contributed by atoms with E-state index in [-0.39, 0.29) is 0 Å². The molecule has 0 heterocycles. The minimum atomic E-state index is -4.17. The van der Waals surface area contributed by atoms with E-state index >= 15 is 0 Å². The van der Waals surface area contributed by atoms with Gasteiger partial charge in [-0.3, -0.25) is 0 Å². The number of carbonyl (C=O) groups is 2. The minimum absolute atomic E-state index is 0.741. The van der Waals surface area contributed by atoms with Crippen LogP contribution < -0.4 is 0 Å². The van der Waals surface area contributed by atoms with Crippen molar-refractivity contribution in [2.75, 3.05) is 13.2 Å². The fourth-order valence-corrected chi connectivity index (χ4v) is 2.61. The highest BCUT2D eigenvalue weighted by molar-refractivity contribution is 5.98. The third kappa shape index (κ3) is 3.06. The summed E-state index contributed by atoms with van der Waals surface area (Å²) in [6, 6.07) is 0. The van der Waals surface area contributed by atoms with Gasteiger partial charge in [0, 0.05) is 11.1 Å². The molecule has 1 aromatic carbocycles. The fourth-order valence-electron chi connectivity index (χ4n) is 2.61. The molecule has 0 aliphatic carbocycles. The first kappa shape index (κ1) is 19.8. The topological polar surface area (TPSA) is 115 Å². The lowest BCUT2D eigenvalue weighted by atomic mass is 9.83. The van der Waals surface area contributed by atoms with Crippen molar-refractivity contribution in [3.63, 3.8) is 0 Å². The monoisotopic (exact) mass is 354 g/mol. The van der Waals surface area contributed by atoms with Crippen LogP contribution in [-0.2, 0) is 11.8 Å². The third-order valence-corrected chi connectivity index (χ3v) is 3.56. The zero-order valence-corrected chi connectivity index (χ0v) is 12.5. The van der Waals surface area contributed by atoms with Crippen LogP contribution in [-0.4, -0.2) is 45.6 Å². The number of alkyl halides is 4. The minimum Gasteiger partial charge on any atom is -0.478 e. The van der Waals surface area contributed by atoms with Crippen molar-refractivity contribution in [2.45, 2.75) is 25.7 Å². The van der Waals surface area contributed by atoms with Crippen molar-refractivity contribution in [1.82, 2.24) is 0 Å². The van der Waals surface area contributed by atoms with Gasteiger partial charge in [0.2, 0.25) is 0 Å². The molecule has 0 spiro atoms. The Bertz CT molecular complexity index is 639. The molecule has 0 unspecified atom stereocenters. The zero-order valence-electron chi connectivity index (χ0n) is 12.5. The Kier molecular flexibility index (Phi) is 5.26. The van der Waals surface area contributed by atoms with Crippen molar-refractivity contribution >= 4 is 11.9 Å². The van der Waals surface area contributed by atoms with E-state index in [0.29, 0.717) is 0 Å². The van der Waals surface area contributed by atoms with Crippen LogP contribution >= 0.6 is 0 Å². The van der Waals surface area contributed by atoms with Crippen molar-refractivity contribution in [3.05, 3.63) is 33.4 Å². The van der Waals surface area contributed by atoms with Crippen LogP contribution in [0, 0.1) is 13.8 Å². The van der Waals surface area contributed by atoms with Crippen molar-refractivity contribution in [2.24, 2.45) is 0 Å².